The standard InChI is InChI=1S/C14H14ClNO4/c15-7-1-3-8(4-2-7)16-13(17)11-9-5-6-10(20-9)12(11)14(18)19/h1-4,9-12H,5-6H2,(H,16,17)(H,18,19)/t9-,10-,11+,12-/m0/s1. The number of halogens is 1. The zero-order valence-corrected chi connectivity index (χ0v) is 11.3. The molecule has 20 heavy (non-hydrogen) atoms. The number of hydrogen-bond donors (Lipinski definition) is 2. The van der Waals surface area contributed by atoms with Gasteiger partial charge in [-0.15, -0.1) is 0 Å². The van der Waals surface area contributed by atoms with Crippen LogP contribution in [-0.4, -0.2) is 29.2 Å². The van der Waals surface area contributed by atoms with Gasteiger partial charge in [-0.1, -0.05) is 11.6 Å². The number of carboxylic acid groups (broad SMARTS) is 1. The van der Waals surface area contributed by atoms with Gasteiger partial charge in [0, 0.05) is 10.7 Å². The van der Waals surface area contributed by atoms with E-state index in [-0.39, 0.29) is 18.1 Å². The second-order valence-electron chi connectivity index (χ2n) is 5.18. The number of ether oxygens (including phenoxy) is 1. The lowest BCUT2D eigenvalue weighted by Gasteiger charge is -2.23. The largest absolute Gasteiger partial charge is 0.481 e. The highest BCUT2D eigenvalue weighted by atomic mass is 35.5. The van der Waals surface area contributed by atoms with Crippen molar-refractivity contribution in [3.63, 3.8) is 0 Å². The van der Waals surface area contributed by atoms with Gasteiger partial charge in [-0.3, -0.25) is 9.59 Å². The van der Waals surface area contributed by atoms with E-state index in [1.807, 2.05) is 0 Å². The van der Waals surface area contributed by atoms with Crippen molar-refractivity contribution in [1.82, 2.24) is 0 Å². The third-order valence-electron chi connectivity index (χ3n) is 3.97. The first-order chi connectivity index (χ1) is 9.56. The number of nitrogens with one attached hydrogen (secondary N) is 1. The van der Waals surface area contributed by atoms with E-state index in [1.54, 1.807) is 24.3 Å². The number of fused-ring (bicyclic) bond motifs is 2. The van der Waals surface area contributed by atoms with Gasteiger partial charge in [-0.2, -0.15) is 0 Å². The van der Waals surface area contributed by atoms with Crippen LogP contribution in [0.2, 0.25) is 5.02 Å². The van der Waals surface area contributed by atoms with Crippen molar-refractivity contribution in [1.29, 1.82) is 0 Å². The molecule has 2 bridgehead atoms. The highest BCUT2D eigenvalue weighted by Gasteiger charge is 2.55. The fourth-order valence-electron chi connectivity index (χ4n) is 3.08. The van der Waals surface area contributed by atoms with Crippen LogP contribution in [0, 0.1) is 11.8 Å². The molecule has 0 radical (unpaired) electrons. The number of benzene rings is 1. The molecular formula is C14H14ClNO4. The molecule has 1 aromatic carbocycles. The molecule has 2 aliphatic rings. The number of carbonyl (C=O) groups excluding carboxylic acids is 1. The molecule has 0 aliphatic carbocycles. The van der Waals surface area contributed by atoms with E-state index in [2.05, 4.69) is 5.32 Å². The summed E-state index contributed by atoms with van der Waals surface area (Å²) in [5, 5.41) is 12.6. The van der Waals surface area contributed by atoms with Crippen molar-refractivity contribution < 1.29 is 19.4 Å². The van der Waals surface area contributed by atoms with Gasteiger partial charge in [0.25, 0.3) is 0 Å². The van der Waals surface area contributed by atoms with Crippen LogP contribution in [0.5, 0.6) is 0 Å². The summed E-state index contributed by atoms with van der Waals surface area (Å²) in [5.74, 6) is -2.64. The highest BCUT2D eigenvalue weighted by molar-refractivity contribution is 6.30. The molecule has 4 atom stereocenters. The Labute approximate surface area is 120 Å². The van der Waals surface area contributed by atoms with E-state index < -0.39 is 17.8 Å². The lowest BCUT2D eigenvalue weighted by molar-refractivity contribution is -0.147. The number of aliphatic carboxylic acids is 1. The minimum atomic E-state index is -0.964. The molecule has 0 unspecified atom stereocenters. The average molecular weight is 296 g/mol. The molecule has 0 spiro atoms. The number of carboxylic acids is 1. The van der Waals surface area contributed by atoms with Crippen molar-refractivity contribution in [3.8, 4) is 0 Å². The smallest absolute Gasteiger partial charge is 0.310 e. The Hall–Kier alpha value is -1.59. The third kappa shape index (κ3) is 2.27. The zero-order chi connectivity index (χ0) is 14.3. The summed E-state index contributed by atoms with van der Waals surface area (Å²) < 4.78 is 5.57. The van der Waals surface area contributed by atoms with Crippen molar-refractivity contribution in [2.24, 2.45) is 11.8 Å². The Balaban J connectivity index is 1.76. The number of hydrogen-bond acceptors (Lipinski definition) is 3. The van der Waals surface area contributed by atoms with Gasteiger partial charge in [0.2, 0.25) is 5.91 Å². The monoisotopic (exact) mass is 295 g/mol. The maximum Gasteiger partial charge on any atom is 0.310 e. The Bertz CT molecular complexity index is 545. The fraction of sp³-hybridized carbons (Fsp3) is 0.429. The first kappa shape index (κ1) is 13.4. The van der Waals surface area contributed by atoms with Crippen molar-refractivity contribution >= 4 is 29.2 Å². The Morgan fingerprint density at radius 1 is 1.15 bits per heavy atom. The summed E-state index contributed by atoms with van der Waals surface area (Å²) in [6.07, 6.45) is 0.839. The average Bonchev–Trinajstić information content (AvgIpc) is 3.01. The van der Waals surface area contributed by atoms with Crippen LogP contribution in [0.25, 0.3) is 0 Å². The Kier molecular flexibility index (Phi) is 3.40. The van der Waals surface area contributed by atoms with Crippen LogP contribution in [0.15, 0.2) is 24.3 Å². The molecule has 2 N–H and O–H groups in total. The molecule has 2 heterocycles. The second-order valence-corrected chi connectivity index (χ2v) is 5.61. The third-order valence-corrected chi connectivity index (χ3v) is 4.22. The molecule has 0 aromatic heterocycles. The molecule has 1 aromatic rings. The van der Waals surface area contributed by atoms with Crippen LogP contribution in [0.1, 0.15) is 12.8 Å². The molecule has 2 fully saturated rings. The Morgan fingerprint density at radius 2 is 1.75 bits per heavy atom. The maximum atomic E-state index is 12.3. The Morgan fingerprint density at radius 3 is 2.35 bits per heavy atom. The number of amides is 1. The SMILES string of the molecule is O=C(O)[C@@H]1[C@H](C(=O)Nc2ccc(Cl)cc2)[C@@H]2CC[C@@H]1O2. The summed E-state index contributed by atoms with van der Waals surface area (Å²) in [4.78, 5) is 23.6. The predicted molar refractivity (Wildman–Crippen MR) is 72.6 cm³/mol. The zero-order valence-electron chi connectivity index (χ0n) is 10.6. The van der Waals surface area contributed by atoms with E-state index >= 15 is 0 Å². The van der Waals surface area contributed by atoms with Gasteiger partial charge < -0.3 is 15.2 Å². The van der Waals surface area contributed by atoms with Crippen molar-refractivity contribution in [2.75, 3.05) is 5.32 Å². The van der Waals surface area contributed by atoms with Gasteiger partial charge in [0.15, 0.2) is 0 Å². The van der Waals surface area contributed by atoms with E-state index in [0.717, 1.165) is 6.42 Å². The molecule has 2 aliphatic heterocycles. The normalized spacial score (nSPS) is 31.2. The number of rotatable bonds is 3. The molecule has 1 amide bonds. The second kappa shape index (κ2) is 5.07. The molecule has 0 saturated carbocycles. The van der Waals surface area contributed by atoms with Gasteiger partial charge >= 0.3 is 5.97 Å². The summed E-state index contributed by atoms with van der Waals surface area (Å²) in [5.41, 5.74) is 0.603. The van der Waals surface area contributed by atoms with E-state index in [4.69, 9.17) is 16.3 Å². The lowest BCUT2D eigenvalue weighted by atomic mass is 9.78. The van der Waals surface area contributed by atoms with Crippen LogP contribution in [0.4, 0.5) is 5.69 Å². The van der Waals surface area contributed by atoms with Crippen LogP contribution in [0.3, 0.4) is 0 Å². The van der Waals surface area contributed by atoms with Gasteiger partial charge in [0.05, 0.1) is 24.0 Å². The topological polar surface area (TPSA) is 75.6 Å². The molecule has 5 nitrogen and oxygen atoms in total. The number of anilines is 1. The van der Waals surface area contributed by atoms with E-state index in [9.17, 15) is 14.7 Å². The summed E-state index contributed by atoms with van der Waals surface area (Å²) in [7, 11) is 0. The summed E-state index contributed by atoms with van der Waals surface area (Å²) in [6, 6.07) is 6.71. The quantitative estimate of drug-likeness (QED) is 0.896. The summed E-state index contributed by atoms with van der Waals surface area (Å²) >= 11 is 5.78. The van der Waals surface area contributed by atoms with E-state index in [1.165, 1.54) is 0 Å². The molecule has 2 saturated heterocycles. The molecular weight excluding hydrogens is 282 g/mol. The van der Waals surface area contributed by atoms with Crippen molar-refractivity contribution in [2.45, 2.75) is 25.0 Å². The lowest BCUT2D eigenvalue weighted by Crippen LogP contribution is -2.40. The minimum Gasteiger partial charge on any atom is -0.481 e. The van der Waals surface area contributed by atoms with Gasteiger partial charge in [0.1, 0.15) is 0 Å². The van der Waals surface area contributed by atoms with Crippen LogP contribution < -0.4 is 5.32 Å². The van der Waals surface area contributed by atoms with Gasteiger partial charge in [-0.25, -0.2) is 0 Å². The minimum absolute atomic E-state index is 0.284. The van der Waals surface area contributed by atoms with Crippen LogP contribution >= 0.6 is 11.6 Å². The van der Waals surface area contributed by atoms with Crippen LogP contribution in [-0.2, 0) is 14.3 Å². The molecule has 6 heteroatoms. The fourth-order valence-corrected chi connectivity index (χ4v) is 3.21. The highest BCUT2D eigenvalue weighted by Crippen LogP contribution is 2.44. The molecule has 3 rings (SSSR count). The van der Waals surface area contributed by atoms with Gasteiger partial charge in [-0.05, 0) is 37.1 Å². The number of carbonyl (C=O) groups is 2. The maximum absolute atomic E-state index is 12.3. The predicted octanol–water partition coefficient (Wildman–Crippen LogP) is 2.16. The summed E-state index contributed by atoms with van der Waals surface area (Å²) in [6.45, 7) is 0. The first-order valence-corrected chi connectivity index (χ1v) is 6.89. The molecule has 106 valence electrons. The first-order valence-electron chi connectivity index (χ1n) is 6.51. The van der Waals surface area contributed by atoms with E-state index in [0.29, 0.717) is 17.1 Å². The van der Waals surface area contributed by atoms with Crippen molar-refractivity contribution in [3.05, 3.63) is 29.3 Å².